The van der Waals surface area contributed by atoms with E-state index in [4.69, 9.17) is 4.74 Å². The van der Waals surface area contributed by atoms with E-state index in [0.717, 1.165) is 37.7 Å². The fraction of sp³-hybridized carbons (Fsp3) is 0.471. The minimum atomic E-state index is -1.02. The minimum absolute atomic E-state index is 0.120. The van der Waals surface area contributed by atoms with Crippen LogP contribution in [0.2, 0.25) is 0 Å². The van der Waals surface area contributed by atoms with Gasteiger partial charge in [-0.05, 0) is 44.3 Å². The lowest BCUT2D eigenvalue weighted by Crippen LogP contribution is -2.57. The standard InChI is InChI=1S/C17H20N4O3/c1-11-9-12(24-13-5-8-18-10-19-13)16(23)21-14(11)15(22)20-17(21)6-3-2-4-7-17/h5,8-10,16,23H,2-4,6-7H2,1H3,(H,20,22). The third kappa shape index (κ3) is 2.27. The molecule has 7 heteroatoms. The molecule has 1 spiro atoms. The monoisotopic (exact) mass is 328 g/mol. The summed E-state index contributed by atoms with van der Waals surface area (Å²) in [4.78, 5) is 22.2. The Bertz CT molecular complexity index is 723. The average Bonchev–Trinajstić information content (AvgIpc) is 2.86. The lowest BCUT2D eigenvalue weighted by atomic mass is 9.87. The molecule has 4 rings (SSSR count). The SMILES string of the molecule is CC1=C2C(=O)NC3(CCCCC3)N2C(O)C(Oc2ccncn2)=C1. The van der Waals surface area contributed by atoms with Gasteiger partial charge in [0.15, 0.2) is 12.0 Å². The van der Waals surface area contributed by atoms with Gasteiger partial charge in [-0.1, -0.05) is 6.42 Å². The quantitative estimate of drug-likeness (QED) is 0.854. The molecule has 126 valence electrons. The molecule has 0 radical (unpaired) electrons. The van der Waals surface area contributed by atoms with Crippen molar-refractivity contribution in [1.82, 2.24) is 20.2 Å². The molecule has 3 aliphatic rings. The number of fused-ring (bicyclic) bond motifs is 2. The Balaban J connectivity index is 1.71. The number of hydrogen-bond donors (Lipinski definition) is 2. The Hall–Kier alpha value is -2.41. The highest BCUT2D eigenvalue weighted by molar-refractivity contribution is 5.97. The van der Waals surface area contributed by atoms with Gasteiger partial charge < -0.3 is 20.1 Å². The van der Waals surface area contributed by atoms with Crippen LogP contribution in [0.3, 0.4) is 0 Å². The van der Waals surface area contributed by atoms with Crippen LogP contribution >= 0.6 is 0 Å². The van der Waals surface area contributed by atoms with Crippen molar-refractivity contribution in [3.05, 3.63) is 41.7 Å². The van der Waals surface area contributed by atoms with Gasteiger partial charge in [-0.25, -0.2) is 9.97 Å². The van der Waals surface area contributed by atoms with Crippen molar-refractivity contribution in [3.63, 3.8) is 0 Å². The van der Waals surface area contributed by atoms with Crippen LogP contribution < -0.4 is 10.1 Å². The fourth-order valence-corrected chi connectivity index (χ4v) is 3.91. The summed E-state index contributed by atoms with van der Waals surface area (Å²) in [5.41, 5.74) is 0.809. The zero-order chi connectivity index (χ0) is 16.7. The van der Waals surface area contributed by atoms with Crippen LogP contribution in [0.5, 0.6) is 5.88 Å². The molecule has 1 aromatic heterocycles. The number of aliphatic hydroxyl groups is 1. The van der Waals surface area contributed by atoms with E-state index in [-0.39, 0.29) is 5.91 Å². The number of ether oxygens (including phenoxy) is 1. The highest BCUT2D eigenvalue weighted by Gasteiger charge is 2.53. The van der Waals surface area contributed by atoms with Gasteiger partial charge in [-0.15, -0.1) is 0 Å². The molecular weight excluding hydrogens is 308 g/mol. The van der Waals surface area contributed by atoms with Crippen molar-refractivity contribution in [2.45, 2.75) is 50.9 Å². The van der Waals surface area contributed by atoms with Gasteiger partial charge in [0.05, 0.1) is 0 Å². The zero-order valence-corrected chi connectivity index (χ0v) is 13.5. The third-order valence-electron chi connectivity index (χ3n) is 4.95. The molecule has 1 aliphatic carbocycles. The molecule has 1 saturated heterocycles. The van der Waals surface area contributed by atoms with E-state index in [9.17, 15) is 9.90 Å². The Labute approximate surface area is 140 Å². The maximum Gasteiger partial charge on any atom is 0.269 e. The number of aliphatic hydroxyl groups excluding tert-OH is 1. The molecule has 1 saturated carbocycles. The maximum absolute atomic E-state index is 12.5. The molecule has 0 bridgehead atoms. The summed E-state index contributed by atoms with van der Waals surface area (Å²) in [6.07, 6.45) is 8.53. The smallest absolute Gasteiger partial charge is 0.269 e. The first kappa shape index (κ1) is 15.1. The highest BCUT2D eigenvalue weighted by Crippen LogP contribution is 2.43. The first-order chi connectivity index (χ1) is 11.6. The van der Waals surface area contributed by atoms with Gasteiger partial charge in [0.25, 0.3) is 5.91 Å². The molecule has 24 heavy (non-hydrogen) atoms. The van der Waals surface area contributed by atoms with Crippen LogP contribution in [0.4, 0.5) is 0 Å². The number of nitrogens with zero attached hydrogens (tertiary/aromatic N) is 3. The van der Waals surface area contributed by atoms with Crippen molar-refractivity contribution >= 4 is 5.91 Å². The predicted molar refractivity (Wildman–Crippen MR) is 85.2 cm³/mol. The summed E-state index contributed by atoms with van der Waals surface area (Å²) >= 11 is 0. The van der Waals surface area contributed by atoms with Gasteiger partial charge in [0.2, 0.25) is 5.88 Å². The van der Waals surface area contributed by atoms with Gasteiger partial charge in [0.1, 0.15) is 17.7 Å². The summed E-state index contributed by atoms with van der Waals surface area (Å²) in [5.74, 6) is 0.616. The molecule has 0 aromatic carbocycles. The normalized spacial score (nSPS) is 25.4. The number of carbonyl (C=O) groups is 1. The van der Waals surface area contributed by atoms with E-state index in [1.807, 2.05) is 6.92 Å². The van der Waals surface area contributed by atoms with Crippen molar-refractivity contribution in [3.8, 4) is 5.88 Å². The summed E-state index contributed by atoms with van der Waals surface area (Å²) < 4.78 is 5.76. The zero-order valence-electron chi connectivity index (χ0n) is 13.5. The van der Waals surface area contributed by atoms with Crippen LogP contribution in [-0.2, 0) is 4.79 Å². The predicted octanol–water partition coefficient (Wildman–Crippen LogP) is 1.44. The van der Waals surface area contributed by atoms with E-state index in [0.29, 0.717) is 17.3 Å². The summed E-state index contributed by atoms with van der Waals surface area (Å²) in [6, 6.07) is 1.63. The molecule has 7 nitrogen and oxygen atoms in total. The molecule has 1 amide bonds. The third-order valence-corrected chi connectivity index (χ3v) is 4.95. The first-order valence-corrected chi connectivity index (χ1v) is 8.27. The van der Waals surface area contributed by atoms with Crippen molar-refractivity contribution in [2.24, 2.45) is 0 Å². The summed E-state index contributed by atoms with van der Waals surface area (Å²) in [7, 11) is 0. The van der Waals surface area contributed by atoms with Gasteiger partial charge in [-0.2, -0.15) is 0 Å². The van der Waals surface area contributed by atoms with Crippen molar-refractivity contribution in [2.75, 3.05) is 0 Å². The second kappa shape index (κ2) is 5.59. The second-order valence-electron chi connectivity index (χ2n) is 6.52. The largest absolute Gasteiger partial charge is 0.438 e. The summed E-state index contributed by atoms with van der Waals surface area (Å²) in [6.45, 7) is 1.86. The minimum Gasteiger partial charge on any atom is -0.438 e. The molecule has 1 atom stereocenters. The van der Waals surface area contributed by atoms with Crippen LogP contribution in [0.25, 0.3) is 0 Å². The van der Waals surface area contributed by atoms with Gasteiger partial charge in [0, 0.05) is 12.3 Å². The van der Waals surface area contributed by atoms with Crippen LogP contribution in [-0.4, -0.2) is 37.8 Å². The fourth-order valence-electron chi connectivity index (χ4n) is 3.91. The van der Waals surface area contributed by atoms with E-state index >= 15 is 0 Å². The van der Waals surface area contributed by atoms with E-state index in [2.05, 4.69) is 15.3 Å². The number of allylic oxidation sites excluding steroid dienone is 2. The van der Waals surface area contributed by atoms with Gasteiger partial charge in [-0.3, -0.25) is 4.79 Å². The van der Waals surface area contributed by atoms with E-state index in [1.165, 1.54) is 6.33 Å². The molecule has 1 aromatic rings. The Morgan fingerprint density at radius 1 is 1.38 bits per heavy atom. The summed E-state index contributed by atoms with van der Waals surface area (Å²) in [5, 5.41) is 14.0. The van der Waals surface area contributed by atoms with E-state index < -0.39 is 11.9 Å². The van der Waals surface area contributed by atoms with Crippen molar-refractivity contribution < 1.29 is 14.6 Å². The number of rotatable bonds is 2. The molecule has 2 aliphatic heterocycles. The number of aromatic nitrogens is 2. The molecule has 3 heterocycles. The molecule has 2 N–H and O–H groups in total. The average molecular weight is 328 g/mol. The second-order valence-corrected chi connectivity index (χ2v) is 6.52. The van der Waals surface area contributed by atoms with Crippen LogP contribution in [0, 0.1) is 0 Å². The highest BCUT2D eigenvalue weighted by atomic mass is 16.5. The van der Waals surface area contributed by atoms with E-state index in [1.54, 1.807) is 23.2 Å². The molecule has 2 fully saturated rings. The topological polar surface area (TPSA) is 87.6 Å². The Kier molecular flexibility index (Phi) is 3.53. The lowest BCUT2D eigenvalue weighted by Gasteiger charge is -2.45. The van der Waals surface area contributed by atoms with Gasteiger partial charge >= 0.3 is 0 Å². The Morgan fingerprint density at radius 3 is 2.88 bits per heavy atom. The lowest BCUT2D eigenvalue weighted by molar-refractivity contribution is -0.117. The van der Waals surface area contributed by atoms with Crippen molar-refractivity contribution in [1.29, 1.82) is 0 Å². The molecular formula is C17H20N4O3. The van der Waals surface area contributed by atoms with Crippen LogP contribution in [0.15, 0.2) is 41.7 Å². The number of carbonyl (C=O) groups excluding carboxylic acids is 1. The molecule has 1 unspecified atom stereocenters. The first-order valence-electron chi connectivity index (χ1n) is 8.27. The number of amides is 1. The van der Waals surface area contributed by atoms with Crippen LogP contribution in [0.1, 0.15) is 39.0 Å². The number of nitrogens with one attached hydrogen (secondary N) is 1. The Morgan fingerprint density at radius 2 is 2.17 bits per heavy atom. The number of hydrogen-bond acceptors (Lipinski definition) is 6. The maximum atomic E-state index is 12.5.